The molecule has 1 aliphatic carbocycles. The highest BCUT2D eigenvalue weighted by Crippen LogP contribution is 2.32. The summed E-state index contributed by atoms with van der Waals surface area (Å²) in [5.74, 6) is 0.613. The Labute approximate surface area is 48.5 Å². The maximum atomic E-state index is 10.4. The number of aliphatic hydroxyl groups excluding tert-OH is 1. The van der Waals surface area contributed by atoms with Crippen LogP contribution in [0.15, 0.2) is 0 Å². The van der Waals surface area contributed by atoms with E-state index in [0.29, 0.717) is 12.3 Å². The Morgan fingerprint density at radius 2 is 2.25 bits per heavy atom. The van der Waals surface area contributed by atoms with E-state index in [-0.39, 0.29) is 12.4 Å². The second-order valence-electron chi connectivity index (χ2n) is 2.34. The van der Waals surface area contributed by atoms with Gasteiger partial charge in [-0.25, -0.2) is 0 Å². The third kappa shape index (κ3) is 1.62. The van der Waals surface area contributed by atoms with Crippen LogP contribution in [-0.2, 0) is 4.79 Å². The number of hydrogen-bond acceptors (Lipinski definition) is 2. The summed E-state index contributed by atoms with van der Waals surface area (Å²) in [5.41, 5.74) is 0. The van der Waals surface area contributed by atoms with Crippen molar-refractivity contribution >= 4 is 5.78 Å². The molecule has 0 amide bonds. The van der Waals surface area contributed by atoms with Crippen LogP contribution in [0.4, 0.5) is 0 Å². The van der Waals surface area contributed by atoms with E-state index in [1.54, 1.807) is 0 Å². The summed E-state index contributed by atoms with van der Waals surface area (Å²) >= 11 is 0. The average molecular weight is 114 g/mol. The topological polar surface area (TPSA) is 37.3 Å². The van der Waals surface area contributed by atoms with Gasteiger partial charge in [-0.1, -0.05) is 0 Å². The van der Waals surface area contributed by atoms with E-state index < -0.39 is 0 Å². The molecule has 2 heteroatoms. The molecular formula is C6H10O2. The number of aliphatic hydroxyl groups is 1. The van der Waals surface area contributed by atoms with Crippen LogP contribution in [0.3, 0.4) is 0 Å². The Kier molecular flexibility index (Phi) is 1.63. The monoisotopic (exact) mass is 114 g/mol. The number of rotatable bonds is 3. The van der Waals surface area contributed by atoms with Gasteiger partial charge < -0.3 is 5.11 Å². The van der Waals surface area contributed by atoms with E-state index in [2.05, 4.69) is 0 Å². The SMILES string of the molecule is O=C(CO)CC1CC1. The molecule has 0 aliphatic heterocycles. The summed E-state index contributed by atoms with van der Waals surface area (Å²) in [5, 5.41) is 8.26. The largest absolute Gasteiger partial charge is 0.389 e. The van der Waals surface area contributed by atoms with Gasteiger partial charge in [0.05, 0.1) is 0 Å². The predicted octanol–water partition coefficient (Wildman–Crippen LogP) is 0.348. The zero-order valence-electron chi connectivity index (χ0n) is 4.76. The van der Waals surface area contributed by atoms with Crippen molar-refractivity contribution in [3.05, 3.63) is 0 Å². The van der Waals surface area contributed by atoms with Gasteiger partial charge in [-0.2, -0.15) is 0 Å². The predicted molar refractivity (Wildman–Crippen MR) is 29.4 cm³/mol. The van der Waals surface area contributed by atoms with Crippen molar-refractivity contribution in [2.24, 2.45) is 5.92 Å². The van der Waals surface area contributed by atoms with E-state index in [4.69, 9.17) is 5.11 Å². The normalized spacial score (nSPS) is 18.6. The molecule has 0 radical (unpaired) electrons. The van der Waals surface area contributed by atoms with Gasteiger partial charge in [-0.15, -0.1) is 0 Å². The summed E-state index contributed by atoms with van der Waals surface area (Å²) in [7, 11) is 0. The lowest BCUT2D eigenvalue weighted by Gasteiger charge is -1.89. The van der Waals surface area contributed by atoms with E-state index in [0.717, 1.165) is 0 Å². The molecule has 1 saturated carbocycles. The second-order valence-corrected chi connectivity index (χ2v) is 2.34. The summed E-state index contributed by atoms with van der Waals surface area (Å²) in [6.45, 7) is -0.267. The first-order valence-electron chi connectivity index (χ1n) is 2.95. The van der Waals surface area contributed by atoms with Crippen molar-refractivity contribution < 1.29 is 9.90 Å². The first kappa shape index (κ1) is 5.76. The molecule has 2 nitrogen and oxygen atoms in total. The van der Waals surface area contributed by atoms with Crippen LogP contribution in [0, 0.1) is 5.92 Å². The van der Waals surface area contributed by atoms with Crippen molar-refractivity contribution in [1.82, 2.24) is 0 Å². The fourth-order valence-electron chi connectivity index (χ4n) is 0.709. The molecule has 1 aliphatic rings. The number of ketones is 1. The molecule has 0 heterocycles. The molecular weight excluding hydrogens is 104 g/mol. The number of carbonyl (C=O) groups excluding carboxylic acids is 1. The highest BCUT2D eigenvalue weighted by Gasteiger charge is 2.23. The van der Waals surface area contributed by atoms with E-state index in [9.17, 15) is 4.79 Å². The standard InChI is InChI=1S/C6H10O2/c7-4-6(8)3-5-1-2-5/h5,7H,1-4H2. The Morgan fingerprint density at radius 3 is 2.62 bits per heavy atom. The minimum absolute atomic E-state index is 0.00694. The summed E-state index contributed by atoms with van der Waals surface area (Å²) < 4.78 is 0. The van der Waals surface area contributed by atoms with Gasteiger partial charge in [0.2, 0.25) is 0 Å². The Balaban J connectivity index is 2.07. The van der Waals surface area contributed by atoms with Crippen molar-refractivity contribution in [3.8, 4) is 0 Å². The summed E-state index contributed by atoms with van der Waals surface area (Å²) in [4.78, 5) is 10.4. The lowest BCUT2D eigenvalue weighted by molar-refractivity contribution is -0.122. The van der Waals surface area contributed by atoms with Gasteiger partial charge in [0.15, 0.2) is 5.78 Å². The van der Waals surface area contributed by atoms with Crippen LogP contribution in [0.2, 0.25) is 0 Å². The van der Waals surface area contributed by atoms with E-state index in [1.807, 2.05) is 0 Å². The first-order chi connectivity index (χ1) is 3.83. The van der Waals surface area contributed by atoms with Crippen LogP contribution in [0.25, 0.3) is 0 Å². The third-order valence-corrected chi connectivity index (χ3v) is 1.39. The van der Waals surface area contributed by atoms with Gasteiger partial charge in [0, 0.05) is 6.42 Å². The molecule has 0 aromatic rings. The molecule has 8 heavy (non-hydrogen) atoms. The maximum Gasteiger partial charge on any atom is 0.158 e. The third-order valence-electron chi connectivity index (χ3n) is 1.39. The molecule has 0 unspecified atom stereocenters. The lowest BCUT2D eigenvalue weighted by Crippen LogP contribution is -2.03. The average Bonchev–Trinajstić information content (AvgIpc) is 2.50. The summed E-state index contributed by atoms with van der Waals surface area (Å²) in [6.07, 6.45) is 2.98. The van der Waals surface area contributed by atoms with Gasteiger partial charge in [0.1, 0.15) is 6.61 Å². The number of carbonyl (C=O) groups is 1. The van der Waals surface area contributed by atoms with Crippen LogP contribution < -0.4 is 0 Å². The first-order valence-corrected chi connectivity index (χ1v) is 2.95. The molecule has 0 saturated heterocycles. The molecule has 0 aromatic heterocycles. The van der Waals surface area contributed by atoms with Crippen molar-refractivity contribution in [3.63, 3.8) is 0 Å². The molecule has 1 N–H and O–H groups in total. The van der Waals surface area contributed by atoms with Gasteiger partial charge in [0.25, 0.3) is 0 Å². The van der Waals surface area contributed by atoms with Gasteiger partial charge >= 0.3 is 0 Å². The fourth-order valence-corrected chi connectivity index (χ4v) is 0.709. The van der Waals surface area contributed by atoms with Gasteiger partial charge in [-0.05, 0) is 18.8 Å². The molecule has 1 rings (SSSR count). The molecule has 46 valence electrons. The lowest BCUT2D eigenvalue weighted by atomic mass is 10.2. The van der Waals surface area contributed by atoms with Crippen LogP contribution >= 0.6 is 0 Å². The van der Waals surface area contributed by atoms with Crippen molar-refractivity contribution in [1.29, 1.82) is 0 Å². The Bertz CT molecular complexity index is 94.7. The zero-order chi connectivity index (χ0) is 5.98. The van der Waals surface area contributed by atoms with E-state index in [1.165, 1.54) is 12.8 Å². The molecule has 0 aromatic carbocycles. The quantitative estimate of drug-likeness (QED) is 0.574. The fraction of sp³-hybridized carbons (Fsp3) is 0.833. The van der Waals surface area contributed by atoms with Crippen molar-refractivity contribution in [2.45, 2.75) is 19.3 Å². The van der Waals surface area contributed by atoms with Crippen LogP contribution in [-0.4, -0.2) is 17.5 Å². The minimum Gasteiger partial charge on any atom is -0.389 e. The highest BCUT2D eigenvalue weighted by atomic mass is 16.3. The van der Waals surface area contributed by atoms with Gasteiger partial charge in [-0.3, -0.25) is 4.79 Å². The Morgan fingerprint density at radius 1 is 1.62 bits per heavy atom. The van der Waals surface area contributed by atoms with Crippen LogP contribution in [0.5, 0.6) is 0 Å². The molecule has 0 atom stereocenters. The molecule has 0 bridgehead atoms. The number of hydrogen-bond donors (Lipinski definition) is 1. The highest BCUT2D eigenvalue weighted by molar-refractivity contribution is 5.79. The maximum absolute atomic E-state index is 10.4. The Hall–Kier alpha value is -0.370. The molecule has 0 spiro atoms. The number of Topliss-reactive ketones (excluding diaryl/α,β-unsaturated/α-hetero) is 1. The molecule has 1 fully saturated rings. The second kappa shape index (κ2) is 2.27. The van der Waals surface area contributed by atoms with Crippen molar-refractivity contribution in [2.75, 3.05) is 6.61 Å². The smallest absolute Gasteiger partial charge is 0.158 e. The minimum atomic E-state index is -0.267. The van der Waals surface area contributed by atoms with E-state index >= 15 is 0 Å². The summed E-state index contributed by atoms with van der Waals surface area (Å²) in [6, 6.07) is 0. The van der Waals surface area contributed by atoms with Crippen LogP contribution in [0.1, 0.15) is 19.3 Å². The zero-order valence-corrected chi connectivity index (χ0v) is 4.76.